The number of benzene rings is 1. The summed E-state index contributed by atoms with van der Waals surface area (Å²) >= 11 is 0. The standard InChI is InChI=1S/C14H24N2O/c1-4-11-8-7-9-12(10-11)14(16-15)13(5-2)17-6-3/h7-10,13-14,16H,4-6,15H2,1-3H3. The molecule has 0 radical (unpaired) electrons. The van der Waals surface area contributed by atoms with Crippen LogP contribution < -0.4 is 11.3 Å². The van der Waals surface area contributed by atoms with E-state index in [-0.39, 0.29) is 12.1 Å². The fourth-order valence-electron chi connectivity index (χ4n) is 2.09. The van der Waals surface area contributed by atoms with Crippen molar-refractivity contribution >= 4 is 0 Å². The molecule has 1 aromatic rings. The normalized spacial score (nSPS) is 14.6. The Morgan fingerprint density at radius 2 is 2.06 bits per heavy atom. The van der Waals surface area contributed by atoms with Crippen LogP contribution in [0.4, 0.5) is 0 Å². The first-order chi connectivity index (χ1) is 8.26. The molecule has 0 aliphatic rings. The molecular weight excluding hydrogens is 212 g/mol. The smallest absolute Gasteiger partial charge is 0.0779 e. The number of hydrogen-bond donors (Lipinski definition) is 2. The maximum Gasteiger partial charge on any atom is 0.0779 e. The van der Waals surface area contributed by atoms with Crippen LogP contribution in [0.1, 0.15) is 44.4 Å². The lowest BCUT2D eigenvalue weighted by Gasteiger charge is -2.26. The Morgan fingerprint density at radius 3 is 2.59 bits per heavy atom. The van der Waals surface area contributed by atoms with Crippen LogP contribution in [0.3, 0.4) is 0 Å². The molecule has 3 nitrogen and oxygen atoms in total. The van der Waals surface area contributed by atoms with Crippen molar-refractivity contribution in [3.63, 3.8) is 0 Å². The molecule has 3 heteroatoms. The number of aryl methyl sites for hydroxylation is 1. The molecule has 0 spiro atoms. The Kier molecular flexibility index (Phi) is 6.19. The summed E-state index contributed by atoms with van der Waals surface area (Å²) in [5, 5.41) is 0. The van der Waals surface area contributed by atoms with Crippen LogP contribution in [-0.2, 0) is 11.2 Å². The molecule has 17 heavy (non-hydrogen) atoms. The summed E-state index contributed by atoms with van der Waals surface area (Å²) in [5.41, 5.74) is 5.41. The van der Waals surface area contributed by atoms with E-state index in [9.17, 15) is 0 Å². The number of nitrogens with two attached hydrogens (primary N) is 1. The van der Waals surface area contributed by atoms with Gasteiger partial charge in [0.05, 0.1) is 12.1 Å². The van der Waals surface area contributed by atoms with Crippen LogP contribution in [0.2, 0.25) is 0 Å². The van der Waals surface area contributed by atoms with E-state index >= 15 is 0 Å². The van der Waals surface area contributed by atoms with Crippen molar-refractivity contribution in [1.82, 2.24) is 5.43 Å². The van der Waals surface area contributed by atoms with Crippen molar-refractivity contribution in [2.75, 3.05) is 6.61 Å². The van der Waals surface area contributed by atoms with Crippen LogP contribution in [0.5, 0.6) is 0 Å². The van der Waals surface area contributed by atoms with Gasteiger partial charge in [0.25, 0.3) is 0 Å². The van der Waals surface area contributed by atoms with Gasteiger partial charge in [-0.2, -0.15) is 0 Å². The van der Waals surface area contributed by atoms with Gasteiger partial charge in [0.1, 0.15) is 0 Å². The summed E-state index contributed by atoms with van der Waals surface area (Å²) in [6, 6.07) is 8.58. The van der Waals surface area contributed by atoms with E-state index in [4.69, 9.17) is 10.6 Å². The van der Waals surface area contributed by atoms with E-state index in [0.29, 0.717) is 6.61 Å². The number of nitrogens with one attached hydrogen (secondary N) is 1. The molecule has 0 amide bonds. The van der Waals surface area contributed by atoms with E-state index < -0.39 is 0 Å². The van der Waals surface area contributed by atoms with E-state index in [1.807, 2.05) is 6.92 Å². The highest BCUT2D eigenvalue weighted by atomic mass is 16.5. The maximum absolute atomic E-state index is 5.73. The zero-order valence-corrected chi connectivity index (χ0v) is 11.1. The van der Waals surface area contributed by atoms with Crippen LogP contribution in [0.15, 0.2) is 24.3 Å². The van der Waals surface area contributed by atoms with Crippen LogP contribution in [0.25, 0.3) is 0 Å². The minimum Gasteiger partial charge on any atom is -0.376 e. The molecule has 0 aromatic heterocycles. The van der Waals surface area contributed by atoms with Crippen LogP contribution in [0, 0.1) is 0 Å². The second kappa shape index (κ2) is 7.43. The van der Waals surface area contributed by atoms with Gasteiger partial charge in [0, 0.05) is 6.61 Å². The summed E-state index contributed by atoms with van der Waals surface area (Å²) in [5.74, 6) is 5.67. The Bertz CT molecular complexity index is 328. The minimum absolute atomic E-state index is 0.0615. The Labute approximate surface area is 104 Å². The lowest BCUT2D eigenvalue weighted by molar-refractivity contribution is 0.0314. The molecule has 0 fully saturated rings. The van der Waals surface area contributed by atoms with Gasteiger partial charge in [0.15, 0.2) is 0 Å². The zero-order chi connectivity index (χ0) is 12.7. The SMILES string of the molecule is CCOC(CC)C(NN)c1cccc(CC)c1. The summed E-state index contributed by atoms with van der Waals surface area (Å²) in [7, 11) is 0. The average molecular weight is 236 g/mol. The number of ether oxygens (including phenoxy) is 1. The first-order valence-electron chi connectivity index (χ1n) is 6.43. The van der Waals surface area contributed by atoms with Crippen molar-refractivity contribution in [3.05, 3.63) is 35.4 Å². The zero-order valence-electron chi connectivity index (χ0n) is 11.1. The summed E-state index contributed by atoms with van der Waals surface area (Å²) < 4.78 is 5.73. The Morgan fingerprint density at radius 1 is 1.29 bits per heavy atom. The molecule has 2 unspecified atom stereocenters. The molecule has 96 valence electrons. The third-order valence-corrected chi connectivity index (χ3v) is 3.05. The molecule has 1 rings (SSSR count). The number of rotatable bonds is 7. The van der Waals surface area contributed by atoms with Crippen molar-refractivity contribution in [1.29, 1.82) is 0 Å². The predicted octanol–water partition coefficient (Wildman–Crippen LogP) is 2.57. The quantitative estimate of drug-likeness (QED) is 0.565. The first-order valence-corrected chi connectivity index (χ1v) is 6.43. The van der Waals surface area contributed by atoms with Gasteiger partial charge in [-0.3, -0.25) is 11.3 Å². The molecule has 0 aliphatic carbocycles. The summed E-state index contributed by atoms with van der Waals surface area (Å²) in [6.45, 7) is 7.00. The van der Waals surface area contributed by atoms with Gasteiger partial charge in [-0.15, -0.1) is 0 Å². The largest absolute Gasteiger partial charge is 0.376 e. The highest BCUT2D eigenvalue weighted by Crippen LogP contribution is 2.22. The molecular formula is C14H24N2O. The van der Waals surface area contributed by atoms with Gasteiger partial charge < -0.3 is 4.74 Å². The molecule has 3 N–H and O–H groups in total. The molecule has 0 heterocycles. The Balaban J connectivity index is 2.90. The van der Waals surface area contributed by atoms with Crippen molar-refractivity contribution < 1.29 is 4.74 Å². The fourth-order valence-corrected chi connectivity index (χ4v) is 2.09. The third-order valence-electron chi connectivity index (χ3n) is 3.05. The highest BCUT2D eigenvalue weighted by molar-refractivity contribution is 5.26. The van der Waals surface area contributed by atoms with Gasteiger partial charge in [-0.25, -0.2) is 0 Å². The molecule has 1 aromatic carbocycles. The molecule has 0 aliphatic heterocycles. The predicted molar refractivity (Wildman–Crippen MR) is 71.6 cm³/mol. The van der Waals surface area contributed by atoms with Gasteiger partial charge in [-0.05, 0) is 30.9 Å². The van der Waals surface area contributed by atoms with Crippen molar-refractivity contribution in [2.24, 2.45) is 5.84 Å². The van der Waals surface area contributed by atoms with Crippen LogP contribution in [-0.4, -0.2) is 12.7 Å². The summed E-state index contributed by atoms with van der Waals surface area (Å²) in [4.78, 5) is 0. The van der Waals surface area contributed by atoms with E-state index in [2.05, 4.69) is 43.5 Å². The monoisotopic (exact) mass is 236 g/mol. The van der Waals surface area contributed by atoms with Crippen molar-refractivity contribution in [2.45, 2.75) is 45.8 Å². The third kappa shape index (κ3) is 3.80. The summed E-state index contributed by atoms with van der Waals surface area (Å²) in [6.07, 6.45) is 2.10. The van der Waals surface area contributed by atoms with Crippen molar-refractivity contribution in [3.8, 4) is 0 Å². The van der Waals surface area contributed by atoms with E-state index in [1.54, 1.807) is 0 Å². The molecule has 0 saturated carbocycles. The first kappa shape index (κ1) is 14.2. The minimum atomic E-state index is 0.0615. The molecule has 0 saturated heterocycles. The average Bonchev–Trinajstić information content (AvgIpc) is 2.38. The van der Waals surface area contributed by atoms with Gasteiger partial charge in [-0.1, -0.05) is 38.1 Å². The highest BCUT2D eigenvalue weighted by Gasteiger charge is 2.20. The second-order valence-corrected chi connectivity index (χ2v) is 4.14. The fraction of sp³-hybridized carbons (Fsp3) is 0.571. The van der Waals surface area contributed by atoms with E-state index in [1.165, 1.54) is 11.1 Å². The maximum atomic E-state index is 5.73. The van der Waals surface area contributed by atoms with Gasteiger partial charge >= 0.3 is 0 Å². The van der Waals surface area contributed by atoms with E-state index in [0.717, 1.165) is 12.8 Å². The molecule has 0 bridgehead atoms. The number of hydrazine groups is 1. The molecule has 2 atom stereocenters. The second-order valence-electron chi connectivity index (χ2n) is 4.14. The lowest BCUT2D eigenvalue weighted by Crippen LogP contribution is -2.37. The number of hydrogen-bond acceptors (Lipinski definition) is 3. The van der Waals surface area contributed by atoms with Gasteiger partial charge in [0.2, 0.25) is 0 Å². The lowest BCUT2D eigenvalue weighted by atomic mass is 9.97. The Hall–Kier alpha value is -0.900. The topological polar surface area (TPSA) is 47.3 Å². The van der Waals surface area contributed by atoms with Crippen LogP contribution >= 0.6 is 0 Å².